The second-order valence-electron chi connectivity index (χ2n) is 9.36. The number of methoxy groups -OCH3 is 1. The number of nitrogens with one attached hydrogen (secondary N) is 1. The summed E-state index contributed by atoms with van der Waals surface area (Å²) >= 11 is 0. The minimum absolute atomic E-state index is 0.0255. The molecule has 0 aliphatic rings. The maximum absolute atomic E-state index is 13.3. The lowest BCUT2D eigenvalue weighted by Crippen LogP contribution is -2.18. The predicted molar refractivity (Wildman–Crippen MR) is 131 cm³/mol. The molecule has 0 bridgehead atoms. The Bertz CT molecular complexity index is 1140. The van der Waals surface area contributed by atoms with Crippen LogP contribution in [-0.4, -0.2) is 34.1 Å². The van der Waals surface area contributed by atoms with E-state index in [0.717, 1.165) is 23.2 Å². The van der Waals surface area contributed by atoms with Gasteiger partial charge in [0.1, 0.15) is 17.2 Å². The molecule has 1 atom stereocenters. The summed E-state index contributed by atoms with van der Waals surface area (Å²) in [4.78, 5) is 13.3. The Morgan fingerprint density at radius 3 is 2.45 bits per heavy atom. The first-order valence-corrected chi connectivity index (χ1v) is 11.2. The summed E-state index contributed by atoms with van der Waals surface area (Å²) in [7, 11) is 1.61. The van der Waals surface area contributed by atoms with Gasteiger partial charge in [-0.1, -0.05) is 45.0 Å². The van der Waals surface area contributed by atoms with Crippen LogP contribution in [0, 0.1) is 13.8 Å². The van der Waals surface area contributed by atoms with Crippen molar-refractivity contribution in [3.8, 4) is 17.2 Å². The molecule has 7 heteroatoms. The Morgan fingerprint density at radius 1 is 1.12 bits per heavy atom. The van der Waals surface area contributed by atoms with E-state index in [4.69, 9.17) is 9.47 Å². The van der Waals surface area contributed by atoms with Crippen LogP contribution in [0.25, 0.3) is 5.69 Å². The SMILES string of the molecule is CCC(C)Oc1ccc(C(C)(C)C)cc1NC(=O)c1nnn(-c2cc(C)ccc2OC)c1C. The van der Waals surface area contributed by atoms with Crippen LogP contribution in [0.15, 0.2) is 36.4 Å². The van der Waals surface area contributed by atoms with Gasteiger partial charge in [-0.15, -0.1) is 5.10 Å². The van der Waals surface area contributed by atoms with Gasteiger partial charge in [-0.05, 0) is 68.0 Å². The lowest BCUT2D eigenvalue weighted by Gasteiger charge is -2.23. The average molecular weight is 451 g/mol. The molecule has 1 unspecified atom stereocenters. The number of anilines is 1. The average Bonchev–Trinajstić information content (AvgIpc) is 3.15. The summed E-state index contributed by atoms with van der Waals surface area (Å²) in [5, 5.41) is 11.4. The number of carbonyl (C=O) groups excluding carboxylic acids is 1. The largest absolute Gasteiger partial charge is 0.494 e. The Balaban J connectivity index is 1.97. The van der Waals surface area contributed by atoms with Gasteiger partial charge >= 0.3 is 0 Å². The molecule has 1 amide bonds. The molecule has 1 aromatic heterocycles. The fraction of sp³-hybridized carbons (Fsp3) is 0.423. The lowest BCUT2D eigenvalue weighted by atomic mass is 9.87. The highest BCUT2D eigenvalue weighted by molar-refractivity contribution is 6.04. The van der Waals surface area contributed by atoms with Crippen LogP contribution in [0.5, 0.6) is 11.5 Å². The number of aryl methyl sites for hydroxylation is 1. The summed E-state index contributed by atoms with van der Waals surface area (Å²) in [6, 6.07) is 11.7. The topological polar surface area (TPSA) is 78.3 Å². The fourth-order valence-electron chi connectivity index (χ4n) is 3.41. The van der Waals surface area contributed by atoms with Crippen molar-refractivity contribution in [1.82, 2.24) is 15.0 Å². The quantitative estimate of drug-likeness (QED) is 0.505. The van der Waals surface area contributed by atoms with Gasteiger partial charge in [0.05, 0.1) is 24.6 Å². The predicted octanol–water partition coefficient (Wildman–Crippen LogP) is 5.62. The highest BCUT2D eigenvalue weighted by Gasteiger charge is 2.22. The number of hydrogen-bond acceptors (Lipinski definition) is 5. The first kappa shape index (κ1) is 24.3. The molecule has 7 nitrogen and oxygen atoms in total. The van der Waals surface area contributed by atoms with Gasteiger partial charge in [0.15, 0.2) is 5.69 Å². The lowest BCUT2D eigenvalue weighted by molar-refractivity contribution is 0.102. The van der Waals surface area contributed by atoms with E-state index in [1.54, 1.807) is 11.8 Å². The van der Waals surface area contributed by atoms with Gasteiger partial charge in [-0.25, -0.2) is 4.68 Å². The number of benzene rings is 2. The zero-order valence-electron chi connectivity index (χ0n) is 20.8. The molecule has 0 aliphatic carbocycles. The van der Waals surface area contributed by atoms with Gasteiger partial charge in [0.25, 0.3) is 5.91 Å². The van der Waals surface area contributed by atoms with Gasteiger partial charge in [-0.2, -0.15) is 0 Å². The van der Waals surface area contributed by atoms with E-state index in [2.05, 4.69) is 43.3 Å². The molecule has 33 heavy (non-hydrogen) atoms. The monoisotopic (exact) mass is 450 g/mol. The number of amides is 1. The van der Waals surface area contributed by atoms with Crippen LogP contribution in [0.4, 0.5) is 5.69 Å². The molecule has 0 saturated heterocycles. The summed E-state index contributed by atoms with van der Waals surface area (Å²) in [5.74, 6) is 0.948. The Hall–Kier alpha value is -3.35. The van der Waals surface area contributed by atoms with Gasteiger partial charge in [-0.3, -0.25) is 4.79 Å². The number of aromatic nitrogens is 3. The highest BCUT2D eigenvalue weighted by atomic mass is 16.5. The summed E-state index contributed by atoms with van der Waals surface area (Å²) in [5.41, 5.74) is 4.29. The second-order valence-corrected chi connectivity index (χ2v) is 9.36. The van der Waals surface area contributed by atoms with E-state index in [0.29, 0.717) is 22.9 Å². The second kappa shape index (κ2) is 9.65. The molecule has 3 aromatic rings. The van der Waals surface area contributed by atoms with Crippen LogP contribution >= 0.6 is 0 Å². The van der Waals surface area contributed by atoms with Crippen LogP contribution in [0.3, 0.4) is 0 Å². The fourth-order valence-corrected chi connectivity index (χ4v) is 3.41. The van der Waals surface area contributed by atoms with E-state index in [1.165, 1.54) is 0 Å². The van der Waals surface area contributed by atoms with E-state index >= 15 is 0 Å². The number of nitrogens with zero attached hydrogens (tertiary/aromatic N) is 3. The molecule has 0 aliphatic heterocycles. The maximum Gasteiger partial charge on any atom is 0.278 e. The van der Waals surface area contributed by atoms with Crippen molar-refractivity contribution in [2.75, 3.05) is 12.4 Å². The van der Waals surface area contributed by atoms with E-state index in [-0.39, 0.29) is 23.1 Å². The van der Waals surface area contributed by atoms with Gasteiger partial charge < -0.3 is 14.8 Å². The molecular formula is C26H34N4O3. The number of hydrogen-bond donors (Lipinski definition) is 1. The van der Waals surface area contributed by atoms with Crippen LogP contribution in [0.1, 0.15) is 68.3 Å². The van der Waals surface area contributed by atoms with Crippen molar-refractivity contribution >= 4 is 11.6 Å². The minimum atomic E-state index is -0.342. The van der Waals surface area contributed by atoms with Crippen LogP contribution in [-0.2, 0) is 5.41 Å². The molecule has 0 fully saturated rings. The van der Waals surface area contributed by atoms with E-state index < -0.39 is 0 Å². The molecule has 0 spiro atoms. The number of carbonyl (C=O) groups is 1. The van der Waals surface area contributed by atoms with Gasteiger partial charge in [0, 0.05) is 0 Å². The standard InChI is InChI=1S/C26H34N4O3/c1-9-17(3)33-22-13-11-19(26(5,6)7)15-20(22)27-25(31)24-18(4)30(29-28-24)21-14-16(2)10-12-23(21)32-8/h10-15,17H,9H2,1-8H3,(H,27,31). The van der Waals surface area contributed by atoms with Crippen molar-refractivity contribution in [3.05, 3.63) is 58.9 Å². The van der Waals surface area contributed by atoms with Crippen molar-refractivity contribution in [2.24, 2.45) is 0 Å². The zero-order chi connectivity index (χ0) is 24.3. The van der Waals surface area contributed by atoms with Crippen LogP contribution in [0.2, 0.25) is 0 Å². The minimum Gasteiger partial charge on any atom is -0.494 e. The molecule has 0 radical (unpaired) electrons. The zero-order valence-corrected chi connectivity index (χ0v) is 20.8. The van der Waals surface area contributed by atoms with Crippen molar-refractivity contribution in [1.29, 1.82) is 0 Å². The first-order chi connectivity index (χ1) is 15.5. The molecule has 1 heterocycles. The smallest absolute Gasteiger partial charge is 0.278 e. The van der Waals surface area contributed by atoms with E-state index in [9.17, 15) is 4.79 Å². The van der Waals surface area contributed by atoms with Crippen molar-refractivity contribution in [3.63, 3.8) is 0 Å². The summed E-state index contributed by atoms with van der Waals surface area (Å²) in [6.45, 7) is 14.3. The molecule has 1 N–H and O–H groups in total. The molecule has 0 saturated carbocycles. The third-order valence-corrected chi connectivity index (χ3v) is 5.67. The number of rotatable bonds is 7. The van der Waals surface area contributed by atoms with Crippen molar-refractivity contribution in [2.45, 2.75) is 66.4 Å². The molecule has 2 aromatic carbocycles. The molecule has 176 valence electrons. The normalized spacial score (nSPS) is 12.4. The molecule has 3 rings (SSSR count). The third kappa shape index (κ3) is 5.35. The maximum atomic E-state index is 13.3. The Kier molecular flexibility index (Phi) is 7.10. The Labute approximate surface area is 196 Å². The Morgan fingerprint density at radius 2 is 1.82 bits per heavy atom. The van der Waals surface area contributed by atoms with Crippen LogP contribution < -0.4 is 14.8 Å². The molecular weight excluding hydrogens is 416 g/mol. The first-order valence-electron chi connectivity index (χ1n) is 11.2. The number of ether oxygens (including phenoxy) is 2. The summed E-state index contributed by atoms with van der Waals surface area (Å²) in [6.07, 6.45) is 0.887. The van der Waals surface area contributed by atoms with Gasteiger partial charge in [0.2, 0.25) is 0 Å². The van der Waals surface area contributed by atoms with E-state index in [1.807, 2.05) is 57.2 Å². The highest BCUT2D eigenvalue weighted by Crippen LogP contribution is 2.33. The third-order valence-electron chi connectivity index (χ3n) is 5.67. The summed E-state index contributed by atoms with van der Waals surface area (Å²) < 4.78 is 13.2. The van der Waals surface area contributed by atoms with Crippen molar-refractivity contribution < 1.29 is 14.3 Å².